The van der Waals surface area contributed by atoms with Gasteiger partial charge in [0, 0.05) is 30.0 Å². The van der Waals surface area contributed by atoms with Gasteiger partial charge in [-0.15, -0.1) is 10.2 Å². The van der Waals surface area contributed by atoms with Crippen LogP contribution in [0.2, 0.25) is 0 Å². The summed E-state index contributed by atoms with van der Waals surface area (Å²) in [5, 5.41) is 8.63. The molecule has 1 saturated carbocycles. The van der Waals surface area contributed by atoms with Crippen molar-refractivity contribution in [2.75, 3.05) is 6.54 Å². The van der Waals surface area contributed by atoms with Crippen LogP contribution in [0.1, 0.15) is 73.1 Å². The number of nitrogens with zero attached hydrogens (tertiary/aromatic N) is 4. The first-order valence-corrected chi connectivity index (χ1v) is 8.67. The summed E-state index contributed by atoms with van der Waals surface area (Å²) in [5.41, 5.74) is 0.792. The second-order valence-electron chi connectivity index (χ2n) is 8.00. The zero-order chi connectivity index (χ0) is 17.1. The molecule has 0 saturated heterocycles. The Morgan fingerprint density at radius 2 is 2.00 bits per heavy atom. The highest BCUT2D eigenvalue weighted by Crippen LogP contribution is 2.39. The average Bonchev–Trinajstić information content (AvgIpc) is 3.15. The number of carbonyl (C=O) groups is 1. The molecule has 1 fully saturated rings. The molecular weight excluding hydrogens is 304 g/mol. The Kier molecular flexibility index (Phi) is 3.34. The third-order valence-corrected chi connectivity index (χ3v) is 4.86. The Bertz CT molecular complexity index is 793. The lowest BCUT2D eigenvalue weighted by molar-refractivity contribution is 0.0669. The average molecular weight is 328 g/mol. The van der Waals surface area contributed by atoms with Crippen LogP contribution in [0, 0.1) is 6.92 Å². The lowest BCUT2D eigenvalue weighted by Gasteiger charge is -2.27. The molecule has 1 aliphatic carbocycles. The van der Waals surface area contributed by atoms with Crippen LogP contribution >= 0.6 is 0 Å². The number of hydrogen-bond donors (Lipinski definition) is 0. The molecule has 2 aromatic rings. The van der Waals surface area contributed by atoms with Gasteiger partial charge in [0.2, 0.25) is 0 Å². The normalized spacial score (nSPS) is 17.9. The van der Waals surface area contributed by atoms with E-state index in [4.69, 9.17) is 4.42 Å². The zero-order valence-corrected chi connectivity index (χ0v) is 14.8. The van der Waals surface area contributed by atoms with E-state index >= 15 is 0 Å². The van der Waals surface area contributed by atoms with Crippen molar-refractivity contribution >= 4 is 5.91 Å². The van der Waals surface area contributed by atoms with Crippen LogP contribution < -0.4 is 0 Å². The quantitative estimate of drug-likeness (QED) is 0.850. The van der Waals surface area contributed by atoms with Crippen LogP contribution in [-0.2, 0) is 18.5 Å². The number of fused-ring (bicyclic) bond motifs is 1. The number of carbonyl (C=O) groups excluding carboxylic acids is 1. The molecule has 3 heterocycles. The minimum Gasteiger partial charge on any atom is -0.455 e. The Morgan fingerprint density at radius 3 is 2.62 bits per heavy atom. The summed E-state index contributed by atoms with van der Waals surface area (Å²) >= 11 is 0. The molecular formula is C18H24N4O2. The molecule has 0 unspecified atom stereocenters. The summed E-state index contributed by atoms with van der Waals surface area (Å²) in [6.45, 7) is 10.1. The summed E-state index contributed by atoms with van der Waals surface area (Å²) < 4.78 is 8.09. The molecule has 0 N–H and O–H groups in total. The molecule has 0 bridgehead atoms. The van der Waals surface area contributed by atoms with Crippen molar-refractivity contribution in [1.82, 2.24) is 19.7 Å². The molecule has 6 nitrogen and oxygen atoms in total. The summed E-state index contributed by atoms with van der Waals surface area (Å²) in [6.07, 6.45) is 2.42. The van der Waals surface area contributed by atoms with Gasteiger partial charge in [0.15, 0.2) is 11.6 Å². The van der Waals surface area contributed by atoms with Crippen LogP contribution in [0.15, 0.2) is 10.5 Å². The maximum absolute atomic E-state index is 12.9. The highest BCUT2D eigenvalue weighted by Gasteiger charge is 2.34. The standard InChI is InChI=1S/C18H24N4O2/c1-11-9-13(18(2,3)4)24-15(11)17(23)21-7-8-22-14(10-21)19-20-16(22)12-5-6-12/h9,12H,5-8,10H2,1-4H3. The Balaban J connectivity index is 1.56. The molecule has 4 rings (SSSR count). The predicted molar refractivity (Wildman–Crippen MR) is 88.9 cm³/mol. The second kappa shape index (κ2) is 5.19. The lowest BCUT2D eigenvalue weighted by atomic mass is 9.93. The van der Waals surface area contributed by atoms with Gasteiger partial charge in [0.1, 0.15) is 11.6 Å². The monoisotopic (exact) mass is 328 g/mol. The van der Waals surface area contributed by atoms with Crippen molar-refractivity contribution in [3.05, 3.63) is 34.8 Å². The topological polar surface area (TPSA) is 64.2 Å². The predicted octanol–water partition coefficient (Wildman–Crippen LogP) is 3.01. The van der Waals surface area contributed by atoms with Gasteiger partial charge in [-0.05, 0) is 25.8 Å². The van der Waals surface area contributed by atoms with E-state index in [1.54, 1.807) is 0 Å². The Morgan fingerprint density at radius 1 is 1.25 bits per heavy atom. The highest BCUT2D eigenvalue weighted by atomic mass is 16.4. The summed E-state index contributed by atoms with van der Waals surface area (Å²) in [4.78, 5) is 14.7. The first-order chi connectivity index (χ1) is 11.3. The third-order valence-electron chi connectivity index (χ3n) is 4.86. The molecule has 6 heteroatoms. The molecule has 0 atom stereocenters. The van der Waals surface area contributed by atoms with Crippen LogP contribution in [0.3, 0.4) is 0 Å². The largest absolute Gasteiger partial charge is 0.455 e. The van der Waals surface area contributed by atoms with Crippen molar-refractivity contribution in [2.24, 2.45) is 0 Å². The SMILES string of the molecule is Cc1cc(C(C)(C)C)oc1C(=O)N1CCn2c(nnc2C2CC2)C1. The van der Waals surface area contributed by atoms with E-state index in [9.17, 15) is 4.79 Å². The third kappa shape index (κ3) is 2.54. The second-order valence-corrected chi connectivity index (χ2v) is 8.00. The summed E-state index contributed by atoms with van der Waals surface area (Å²) in [6, 6.07) is 1.98. The van der Waals surface area contributed by atoms with Crippen molar-refractivity contribution < 1.29 is 9.21 Å². The molecule has 1 amide bonds. The molecule has 0 radical (unpaired) electrons. The number of rotatable bonds is 2. The summed E-state index contributed by atoms with van der Waals surface area (Å²) in [7, 11) is 0. The van der Waals surface area contributed by atoms with Crippen molar-refractivity contribution in [2.45, 2.75) is 65.0 Å². The molecule has 128 valence electrons. The van der Waals surface area contributed by atoms with Crippen LogP contribution in [0.4, 0.5) is 0 Å². The van der Waals surface area contributed by atoms with Crippen molar-refractivity contribution in [3.8, 4) is 0 Å². The van der Waals surface area contributed by atoms with Crippen LogP contribution in [-0.4, -0.2) is 32.1 Å². The fourth-order valence-electron chi connectivity index (χ4n) is 3.20. The minimum atomic E-state index is -0.107. The maximum atomic E-state index is 12.9. The summed E-state index contributed by atoms with van der Waals surface area (Å²) in [5.74, 6) is 3.81. The number of amides is 1. The van der Waals surface area contributed by atoms with E-state index in [0.717, 1.165) is 29.5 Å². The van der Waals surface area contributed by atoms with Gasteiger partial charge in [0.25, 0.3) is 5.91 Å². The van der Waals surface area contributed by atoms with E-state index < -0.39 is 0 Å². The van der Waals surface area contributed by atoms with Gasteiger partial charge in [-0.2, -0.15) is 0 Å². The fourth-order valence-corrected chi connectivity index (χ4v) is 3.20. The van der Waals surface area contributed by atoms with Gasteiger partial charge in [-0.3, -0.25) is 4.79 Å². The fraction of sp³-hybridized carbons (Fsp3) is 0.611. The number of aryl methyl sites for hydroxylation is 1. The van der Waals surface area contributed by atoms with Gasteiger partial charge in [0.05, 0.1) is 6.54 Å². The minimum absolute atomic E-state index is 0.0507. The van der Waals surface area contributed by atoms with Gasteiger partial charge in [-0.1, -0.05) is 20.8 Å². The molecule has 2 aliphatic rings. The number of aromatic nitrogens is 3. The van der Waals surface area contributed by atoms with Gasteiger partial charge in [-0.25, -0.2) is 0 Å². The highest BCUT2D eigenvalue weighted by molar-refractivity contribution is 5.93. The first kappa shape index (κ1) is 15.4. The first-order valence-electron chi connectivity index (χ1n) is 8.67. The zero-order valence-electron chi connectivity index (χ0n) is 14.8. The molecule has 1 aliphatic heterocycles. The van der Waals surface area contributed by atoms with E-state index in [1.165, 1.54) is 12.8 Å². The van der Waals surface area contributed by atoms with E-state index in [2.05, 4.69) is 35.5 Å². The van der Waals surface area contributed by atoms with E-state index in [-0.39, 0.29) is 11.3 Å². The van der Waals surface area contributed by atoms with Crippen molar-refractivity contribution in [1.29, 1.82) is 0 Å². The van der Waals surface area contributed by atoms with Gasteiger partial charge < -0.3 is 13.9 Å². The molecule has 2 aromatic heterocycles. The van der Waals surface area contributed by atoms with Crippen molar-refractivity contribution in [3.63, 3.8) is 0 Å². The van der Waals surface area contributed by atoms with Crippen LogP contribution in [0.5, 0.6) is 0 Å². The lowest BCUT2D eigenvalue weighted by Crippen LogP contribution is -2.38. The van der Waals surface area contributed by atoms with Gasteiger partial charge >= 0.3 is 0 Å². The molecule has 0 spiro atoms. The smallest absolute Gasteiger partial charge is 0.290 e. The van der Waals surface area contributed by atoms with E-state index in [0.29, 0.717) is 24.8 Å². The number of furan rings is 1. The Labute approximate surface area is 141 Å². The molecule has 0 aromatic carbocycles. The van der Waals surface area contributed by atoms with E-state index in [1.807, 2.05) is 17.9 Å². The Hall–Kier alpha value is -2.11. The molecule has 24 heavy (non-hydrogen) atoms. The number of hydrogen-bond acceptors (Lipinski definition) is 4. The van der Waals surface area contributed by atoms with Crippen LogP contribution in [0.25, 0.3) is 0 Å². The maximum Gasteiger partial charge on any atom is 0.290 e.